The summed E-state index contributed by atoms with van der Waals surface area (Å²) in [5.74, 6) is 0.574. The largest absolute Gasteiger partial charge is 0.456 e. The smallest absolute Gasteiger partial charge is 0.235 e. The van der Waals surface area contributed by atoms with Gasteiger partial charge in [-0.15, -0.1) is 0 Å². The standard InChI is InChI=1S/C61H36N4O2/c1-2-16-38-33-54-48(32-37(38)15-1)58-40-17-4-3-14-36(40)28-31-53(58)64(54)39-34-47(59-46-21-8-12-27-56(46)66-57(59)35-39)50-30-29-49(45-23-13-22-44-43-20-7-11-26-55(43)67-60(44)45)62-61(63-50)65-51-24-9-5-18-41(51)42-19-6-10-25-52(42)65/h1-29,31-35H,30H2. The van der Waals surface area contributed by atoms with Gasteiger partial charge in [-0.2, -0.15) is 0 Å². The summed E-state index contributed by atoms with van der Waals surface area (Å²) in [5.41, 5.74) is 12.2. The van der Waals surface area contributed by atoms with Gasteiger partial charge in [-0.25, -0.2) is 9.98 Å². The van der Waals surface area contributed by atoms with Crippen LogP contribution in [-0.4, -0.2) is 20.8 Å². The molecule has 14 aromatic rings. The lowest BCUT2D eigenvalue weighted by molar-refractivity contribution is 0.667. The van der Waals surface area contributed by atoms with Crippen molar-refractivity contribution in [2.24, 2.45) is 9.98 Å². The zero-order valence-electron chi connectivity index (χ0n) is 35.9. The summed E-state index contributed by atoms with van der Waals surface area (Å²) in [6, 6.07) is 71.1. The predicted molar refractivity (Wildman–Crippen MR) is 278 cm³/mol. The minimum Gasteiger partial charge on any atom is -0.456 e. The molecular weight excluding hydrogens is 821 g/mol. The monoisotopic (exact) mass is 856 g/mol. The molecule has 312 valence electrons. The van der Waals surface area contributed by atoms with E-state index in [-0.39, 0.29) is 0 Å². The first-order valence-corrected chi connectivity index (χ1v) is 22.8. The lowest BCUT2D eigenvalue weighted by Gasteiger charge is -2.14. The van der Waals surface area contributed by atoms with Crippen LogP contribution < -0.4 is 0 Å². The summed E-state index contributed by atoms with van der Waals surface area (Å²) < 4.78 is 18.2. The topological polar surface area (TPSA) is 60.9 Å². The number of benzene rings is 10. The Labute approximate surface area is 382 Å². The van der Waals surface area contributed by atoms with Gasteiger partial charge in [0.1, 0.15) is 22.3 Å². The van der Waals surface area contributed by atoms with Crippen molar-refractivity contribution in [3.8, 4) is 5.69 Å². The fraction of sp³-hybridized carbons (Fsp3) is 0.0164. The van der Waals surface area contributed by atoms with Gasteiger partial charge in [0.15, 0.2) is 0 Å². The Bertz CT molecular complexity index is 4500. The van der Waals surface area contributed by atoms with Crippen LogP contribution in [0.25, 0.3) is 120 Å². The molecule has 1 aliphatic rings. The number of nitrogens with zero attached hydrogens (tertiary/aromatic N) is 4. The second-order valence-electron chi connectivity index (χ2n) is 17.6. The lowest BCUT2D eigenvalue weighted by Crippen LogP contribution is -2.13. The van der Waals surface area contributed by atoms with Crippen LogP contribution in [0.15, 0.2) is 225 Å². The number of fused-ring (bicyclic) bond motifs is 15. The molecule has 0 radical (unpaired) electrons. The van der Waals surface area contributed by atoms with E-state index in [9.17, 15) is 0 Å². The molecule has 0 unspecified atom stereocenters. The van der Waals surface area contributed by atoms with Crippen LogP contribution >= 0.6 is 0 Å². The molecule has 0 saturated heterocycles. The fourth-order valence-electron chi connectivity index (χ4n) is 11.0. The molecule has 0 aliphatic carbocycles. The van der Waals surface area contributed by atoms with Gasteiger partial charge in [-0.05, 0) is 76.1 Å². The first-order chi connectivity index (χ1) is 33.2. The van der Waals surface area contributed by atoms with Gasteiger partial charge in [-0.3, -0.25) is 4.57 Å². The van der Waals surface area contributed by atoms with E-state index in [1.807, 2.05) is 18.2 Å². The van der Waals surface area contributed by atoms with E-state index in [1.54, 1.807) is 0 Å². The van der Waals surface area contributed by atoms with Crippen molar-refractivity contribution >= 4 is 126 Å². The van der Waals surface area contributed by atoms with Gasteiger partial charge < -0.3 is 13.4 Å². The molecule has 1 aliphatic heterocycles. The van der Waals surface area contributed by atoms with Crippen molar-refractivity contribution in [1.82, 2.24) is 9.13 Å². The van der Waals surface area contributed by atoms with Gasteiger partial charge in [-0.1, -0.05) is 146 Å². The van der Waals surface area contributed by atoms with Crippen LogP contribution in [0, 0.1) is 0 Å². The molecule has 0 atom stereocenters. The zero-order chi connectivity index (χ0) is 43.7. The van der Waals surface area contributed by atoms with E-state index in [4.69, 9.17) is 18.8 Å². The summed E-state index contributed by atoms with van der Waals surface area (Å²) >= 11 is 0. The molecule has 10 aromatic carbocycles. The van der Waals surface area contributed by atoms with E-state index in [1.165, 1.54) is 32.3 Å². The van der Waals surface area contributed by atoms with Crippen molar-refractivity contribution < 1.29 is 8.83 Å². The fourth-order valence-corrected chi connectivity index (χ4v) is 11.0. The second kappa shape index (κ2) is 13.8. The quantitative estimate of drug-likeness (QED) is 0.178. The number of furan rings is 2. The van der Waals surface area contributed by atoms with Crippen molar-refractivity contribution in [2.45, 2.75) is 6.42 Å². The molecule has 6 heteroatoms. The maximum absolute atomic E-state index is 6.87. The van der Waals surface area contributed by atoms with E-state index >= 15 is 0 Å². The molecule has 0 N–H and O–H groups in total. The van der Waals surface area contributed by atoms with Crippen molar-refractivity contribution in [3.63, 3.8) is 0 Å². The first kappa shape index (κ1) is 36.4. The molecule has 0 spiro atoms. The molecule has 0 amide bonds. The van der Waals surface area contributed by atoms with E-state index in [0.29, 0.717) is 12.4 Å². The van der Waals surface area contributed by atoms with Crippen molar-refractivity contribution in [2.75, 3.05) is 0 Å². The Balaban J connectivity index is 1.04. The number of rotatable bonds is 3. The van der Waals surface area contributed by atoms with Crippen LogP contribution in [0.4, 0.5) is 0 Å². The molecular formula is C61H36N4O2. The van der Waals surface area contributed by atoms with Crippen LogP contribution in [-0.2, 0) is 0 Å². The Morgan fingerprint density at radius 3 is 1.81 bits per heavy atom. The van der Waals surface area contributed by atoms with Gasteiger partial charge in [0.25, 0.3) is 0 Å². The summed E-state index contributed by atoms with van der Waals surface area (Å²) in [6.45, 7) is 0. The van der Waals surface area contributed by atoms with E-state index in [2.05, 4.69) is 197 Å². The summed E-state index contributed by atoms with van der Waals surface area (Å²) in [6.07, 6.45) is 2.72. The SMILES string of the molecule is C1=C(c2cccc3c2oc2ccccc23)N=C(n2c3ccccc3c3ccccc32)N=C(c2cc(-n3c4cc5ccccc5cc4c4c5ccccc5ccc43)cc3oc4ccccc4c23)C1. The molecule has 0 saturated carbocycles. The number of aliphatic imine (C=N–C) groups is 2. The highest BCUT2D eigenvalue weighted by Crippen LogP contribution is 2.43. The van der Waals surface area contributed by atoms with Crippen molar-refractivity contribution in [1.29, 1.82) is 0 Å². The number of aromatic nitrogens is 2. The Morgan fingerprint density at radius 1 is 0.373 bits per heavy atom. The van der Waals surface area contributed by atoms with Gasteiger partial charge in [0, 0.05) is 66.7 Å². The molecule has 4 aromatic heterocycles. The minimum atomic E-state index is 0.497. The maximum atomic E-state index is 6.87. The highest BCUT2D eigenvalue weighted by molar-refractivity contribution is 6.26. The summed E-state index contributed by atoms with van der Waals surface area (Å²) in [7, 11) is 0. The average Bonchev–Trinajstić information content (AvgIpc) is 4.09. The maximum Gasteiger partial charge on any atom is 0.235 e. The molecule has 6 nitrogen and oxygen atoms in total. The molecule has 0 fully saturated rings. The number of allylic oxidation sites excluding steroid dienone is 1. The lowest BCUT2D eigenvalue weighted by atomic mass is 9.98. The van der Waals surface area contributed by atoms with Crippen LogP contribution in [0.2, 0.25) is 0 Å². The number of hydrogen-bond donors (Lipinski definition) is 0. The first-order valence-electron chi connectivity index (χ1n) is 22.8. The Kier molecular flexibility index (Phi) is 7.46. The second-order valence-corrected chi connectivity index (χ2v) is 17.6. The number of para-hydroxylation sites is 5. The van der Waals surface area contributed by atoms with Gasteiger partial charge in [0.2, 0.25) is 5.96 Å². The summed E-state index contributed by atoms with van der Waals surface area (Å²) in [4.78, 5) is 11.3. The number of hydrogen-bond acceptors (Lipinski definition) is 4. The highest BCUT2D eigenvalue weighted by atomic mass is 16.3. The molecule has 67 heavy (non-hydrogen) atoms. The van der Waals surface area contributed by atoms with Crippen LogP contribution in [0.5, 0.6) is 0 Å². The third kappa shape index (κ3) is 5.26. The van der Waals surface area contributed by atoms with Gasteiger partial charge in [0.05, 0.1) is 39.2 Å². The van der Waals surface area contributed by atoms with E-state index < -0.39 is 0 Å². The Hall–Kier alpha value is -9.00. The molecule has 0 bridgehead atoms. The summed E-state index contributed by atoms with van der Waals surface area (Å²) in [5, 5.41) is 13.7. The third-order valence-corrected chi connectivity index (χ3v) is 14.0. The van der Waals surface area contributed by atoms with Gasteiger partial charge >= 0.3 is 0 Å². The minimum absolute atomic E-state index is 0.497. The third-order valence-electron chi connectivity index (χ3n) is 14.0. The normalized spacial score (nSPS) is 13.6. The zero-order valence-corrected chi connectivity index (χ0v) is 35.9. The van der Waals surface area contributed by atoms with Crippen LogP contribution in [0.1, 0.15) is 17.5 Å². The Morgan fingerprint density at radius 2 is 1.01 bits per heavy atom. The molecule has 5 heterocycles. The van der Waals surface area contributed by atoms with Crippen molar-refractivity contribution in [3.05, 3.63) is 217 Å². The molecule has 15 rings (SSSR count). The predicted octanol–water partition coefficient (Wildman–Crippen LogP) is 16.1. The van der Waals surface area contributed by atoms with E-state index in [0.717, 1.165) is 105 Å². The van der Waals surface area contributed by atoms with Crippen LogP contribution in [0.3, 0.4) is 0 Å². The average molecular weight is 857 g/mol. The highest BCUT2D eigenvalue weighted by Gasteiger charge is 2.25.